The fraction of sp³-hybridized carbons (Fsp3) is 0.500. The van der Waals surface area contributed by atoms with Crippen LogP contribution in [0.1, 0.15) is 43.0 Å². The average Bonchev–Trinajstić information content (AvgIpc) is 2.36. The molecule has 0 amide bonds. The lowest BCUT2D eigenvalue weighted by Gasteiger charge is -2.17. The van der Waals surface area contributed by atoms with Gasteiger partial charge in [0.2, 0.25) is 0 Å². The minimum atomic E-state index is 0.184. The van der Waals surface area contributed by atoms with Gasteiger partial charge in [-0.05, 0) is 24.6 Å². The van der Waals surface area contributed by atoms with Gasteiger partial charge in [-0.1, -0.05) is 19.8 Å². The van der Waals surface area contributed by atoms with E-state index in [-0.39, 0.29) is 5.78 Å². The molecule has 0 radical (unpaired) electrons. The number of anilines is 1. The van der Waals surface area contributed by atoms with Crippen LogP contribution in [0.4, 0.5) is 5.69 Å². The molecule has 0 saturated heterocycles. The Bertz CT molecular complexity index is 401. The third-order valence-corrected chi connectivity index (χ3v) is 2.98. The van der Waals surface area contributed by atoms with Gasteiger partial charge in [-0.15, -0.1) is 0 Å². The van der Waals surface area contributed by atoms with Gasteiger partial charge in [0.1, 0.15) is 5.75 Å². The highest BCUT2D eigenvalue weighted by molar-refractivity contribution is 6.00. The highest BCUT2D eigenvalue weighted by atomic mass is 16.5. The lowest BCUT2D eigenvalue weighted by molar-refractivity contribution is 0.0933. The summed E-state index contributed by atoms with van der Waals surface area (Å²) in [7, 11) is 0. The smallest absolute Gasteiger partial charge is 0.170 e. The molecule has 1 aromatic carbocycles. The largest absolute Gasteiger partial charge is 0.492 e. The van der Waals surface area contributed by atoms with Crippen LogP contribution in [-0.4, -0.2) is 18.9 Å². The van der Waals surface area contributed by atoms with E-state index < -0.39 is 0 Å². The Morgan fingerprint density at radius 2 is 2.24 bits per heavy atom. The van der Waals surface area contributed by atoms with E-state index in [1.807, 2.05) is 18.2 Å². The number of unbranched alkanes of at least 4 members (excludes halogenated alkanes) is 2. The number of nitrogens with one attached hydrogen (secondary N) is 1. The van der Waals surface area contributed by atoms with Crippen molar-refractivity contribution in [2.75, 3.05) is 18.5 Å². The molecule has 0 fully saturated rings. The standard InChI is InChI=1S/C14H19NO2/c1-2-3-4-8-15-11-5-6-14-12(10-11)13(16)7-9-17-14/h5-6,10,15H,2-4,7-9H2,1H3. The van der Waals surface area contributed by atoms with E-state index in [2.05, 4.69) is 12.2 Å². The number of fused-ring (bicyclic) bond motifs is 1. The number of ketones is 1. The Hall–Kier alpha value is -1.51. The van der Waals surface area contributed by atoms with Gasteiger partial charge in [0.05, 0.1) is 12.2 Å². The third kappa shape index (κ3) is 2.99. The van der Waals surface area contributed by atoms with Crippen molar-refractivity contribution in [3.8, 4) is 5.75 Å². The summed E-state index contributed by atoms with van der Waals surface area (Å²) in [5, 5.41) is 3.34. The Labute approximate surface area is 102 Å². The molecule has 92 valence electrons. The van der Waals surface area contributed by atoms with Gasteiger partial charge in [0.25, 0.3) is 0 Å². The van der Waals surface area contributed by atoms with Crippen LogP contribution in [0.25, 0.3) is 0 Å². The normalized spacial score (nSPS) is 14.1. The Balaban J connectivity index is 2.00. The summed E-state index contributed by atoms with van der Waals surface area (Å²) < 4.78 is 5.44. The molecule has 0 aliphatic carbocycles. The molecule has 0 atom stereocenters. The monoisotopic (exact) mass is 233 g/mol. The van der Waals surface area contributed by atoms with Gasteiger partial charge >= 0.3 is 0 Å². The highest BCUT2D eigenvalue weighted by Crippen LogP contribution is 2.27. The zero-order valence-electron chi connectivity index (χ0n) is 10.3. The molecule has 1 heterocycles. The molecule has 0 bridgehead atoms. The van der Waals surface area contributed by atoms with E-state index in [1.54, 1.807) is 0 Å². The highest BCUT2D eigenvalue weighted by Gasteiger charge is 2.18. The van der Waals surface area contributed by atoms with Gasteiger partial charge in [-0.3, -0.25) is 4.79 Å². The number of hydrogen-bond donors (Lipinski definition) is 1. The van der Waals surface area contributed by atoms with Crippen molar-refractivity contribution in [1.29, 1.82) is 0 Å². The second-order valence-corrected chi connectivity index (χ2v) is 4.37. The zero-order chi connectivity index (χ0) is 12.1. The molecule has 1 aliphatic rings. The van der Waals surface area contributed by atoms with Crippen LogP contribution in [0.3, 0.4) is 0 Å². The van der Waals surface area contributed by atoms with Crippen molar-refractivity contribution in [3.63, 3.8) is 0 Å². The number of rotatable bonds is 5. The molecule has 17 heavy (non-hydrogen) atoms. The molecule has 0 aromatic heterocycles. The first-order chi connectivity index (χ1) is 8.31. The van der Waals surface area contributed by atoms with Crippen molar-refractivity contribution >= 4 is 11.5 Å². The summed E-state index contributed by atoms with van der Waals surface area (Å²) in [6.07, 6.45) is 4.11. The Kier molecular flexibility index (Phi) is 4.02. The van der Waals surface area contributed by atoms with E-state index in [1.165, 1.54) is 12.8 Å². The topological polar surface area (TPSA) is 38.3 Å². The minimum Gasteiger partial charge on any atom is -0.492 e. The second kappa shape index (κ2) is 5.71. The van der Waals surface area contributed by atoms with E-state index in [0.29, 0.717) is 13.0 Å². The number of ether oxygens (including phenoxy) is 1. The fourth-order valence-electron chi connectivity index (χ4n) is 1.98. The first-order valence-corrected chi connectivity index (χ1v) is 6.35. The summed E-state index contributed by atoms with van der Waals surface area (Å²) in [5.41, 5.74) is 1.73. The molecule has 0 spiro atoms. The molecule has 3 heteroatoms. The van der Waals surface area contributed by atoms with Crippen LogP contribution in [0.2, 0.25) is 0 Å². The summed E-state index contributed by atoms with van der Waals surface area (Å²) in [6, 6.07) is 5.76. The van der Waals surface area contributed by atoms with Gasteiger partial charge in [-0.2, -0.15) is 0 Å². The quantitative estimate of drug-likeness (QED) is 0.793. The average molecular weight is 233 g/mol. The molecule has 0 unspecified atom stereocenters. The first-order valence-electron chi connectivity index (χ1n) is 6.35. The number of hydrogen-bond acceptors (Lipinski definition) is 3. The first kappa shape index (κ1) is 12.0. The van der Waals surface area contributed by atoms with E-state index in [0.717, 1.165) is 30.0 Å². The molecule has 2 rings (SSSR count). The Morgan fingerprint density at radius 1 is 1.35 bits per heavy atom. The third-order valence-electron chi connectivity index (χ3n) is 2.98. The van der Waals surface area contributed by atoms with Crippen LogP contribution >= 0.6 is 0 Å². The van der Waals surface area contributed by atoms with E-state index >= 15 is 0 Å². The maximum absolute atomic E-state index is 11.7. The molecule has 1 aliphatic heterocycles. The molecule has 1 N–H and O–H groups in total. The van der Waals surface area contributed by atoms with Crippen molar-refractivity contribution < 1.29 is 9.53 Å². The summed E-state index contributed by atoms with van der Waals surface area (Å²) in [6.45, 7) is 3.66. The minimum absolute atomic E-state index is 0.184. The second-order valence-electron chi connectivity index (χ2n) is 4.37. The van der Waals surface area contributed by atoms with Crippen LogP contribution in [0.15, 0.2) is 18.2 Å². The maximum Gasteiger partial charge on any atom is 0.170 e. The van der Waals surface area contributed by atoms with Gasteiger partial charge in [-0.25, -0.2) is 0 Å². The predicted molar refractivity (Wildman–Crippen MR) is 68.9 cm³/mol. The van der Waals surface area contributed by atoms with Crippen molar-refractivity contribution in [2.45, 2.75) is 32.6 Å². The zero-order valence-corrected chi connectivity index (χ0v) is 10.3. The van der Waals surface area contributed by atoms with Crippen LogP contribution < -0.4 is 10.1 Å². The summed E-state index contributed by atoms with van der Waals surface area (Å²) in [5.74, 6) is 0.906. The molecular weight excluding hydrogens is 214 g/mol. The lowest BCUT2D eigenvalue weighted by Crippen LogP contribution is -2.15. The van der Waals surface area contributed by atoms with Gasteiger partial charge in [0, 0.05) is 18.7 Å². The predicted octanol–water partition coefficient (Wildman–Crippen LogP) is 3.25. The molecule has 3 nitrogen and oxygen atoms in total. The van der Waals surface area contributed by atoms with Crippen molar-refractivity contribution in [2.24, 2.45) is 0 Å². The number of carbonyl (C=O) groups is 1. The van der Waals surface area contributed by atoms with Crippen LogP contribution in [0, 0.1) is 0 Å². The maximum atomic E-state index is 11.7. The van der Waals surface area contributed by atoms with Crippen molar-refractivity contribution in [1.82, 2.24) is 0 Å². The van der Waals surface area contributed by atoms with Crippen molar-refractivity contribution in [3.05, 3.63) is 23.8 Å². The lowest BCUT2D eigenvalue weighted by atomic mass is 10.0. The van der Waals surface area contributed by atoms with Crippen LogP contribution in [0.5, 0.6) is 5.75 Å². The summed E-state index contributed by atoms with van der Waals surface area (Å²) >= 11 is 0. The van der Waals surface area contributed by atoms with Gasteiger partial charge < -0.3 is 10.1 Å². The summed E-state index contributed by atoms with van der Waals surface area (Å²) in [4.78, 5) is 11.7. The van der Waals surface area contributed by atoms with Crippen LogP contribution in [-0.2, 0) is 0 Å². The molecular formula is C14H19NO2. The molecule has 0 saturated carbocycles. The Morgan fingerprint density at radius 3 is 3.06 bits per heavy atom. The van der Waals surface area contributed by atoms with E-state index in [9.17, 15) is 4.79 Å². The number of benzene rings is 1. The number of carbonyl (C=O) groups excluding carboxylic acids is 1. The molecule has 1 aromatic rings. The SMILES string of the molecule is CCCCCNc1ccc2c(c1)C(=O)CCO2. The fourth-order valence-corrected chi connectivity index (χ4v) is 1.98. The van der Waals surface area contributed by atoms with E-state index in [4.69, 9.17) is 4.74 Å². The van der Waals surface area contributed by atoms with Gasteiger partial charge in [0.15, 0.2) is 5.78 Å². The number of Topliss-reactive ketones (excluding diaryl/α,β-unsaturated/α-hetero) is 1.